The third-order valence-electron chi connectivity index (χ3n) is 3.38. The lowest BCUT2D eigenvalue weighted by molar-refractivity contribution is -0.124. The molecular formula is C13H16F2N2O2. The fraction of sp³-hybridized carbons (Fsp3) is 0.462. The average molecular weight is 270 g/mol. The molecule has 6 heteroatoms. The number of nitrogens with one attached hydrogen (secondary N) is 1. The van der Waals surface area contributed by atoms with Gasteiger partial charge in [-0.2, -0.15) is 0 Å². The lowest BCUT2D eigenvalue weighted by atomic mass is 9.86. The van der Waals surface area contributed by atoms with Crippen LogP contribution in [0.1, 0.15) is 25.7 Å². The van der Waals surface area contributed by atoms with E-state index in [0.29, 0.717) is 5.69 Å². The molecule has 0 unspecified atom stereocenters. The highest BCUT2D eigenvalue weighted by Gasteiger charge is 2.37. The summed E-state index contributed by atoms with van der Waals surface area (Å²) in [5.74, 6) is -3.34. The van der Waals surface area contributed by atoms with Gasteiger partial charge in [-0.25, -0.2) is 8.78 Å². The minimum atomic E-state index is -2.64. The molecule has 1 amide bonds. The Kier molecular flexibility index (Phi) is 3.59. The van der Waals surface area contributed by atoms with E-state index in [0.717, 1.165) is 0 Å². The molecule has 1 fully saturated rings. The Labute approximate surface area is 109 Å². The predicted octanol–water partition coefficient (Wildman–Crippen LogP) is 2.74. The Hall–Kier alpha value is -1.85. The van der Waals surface area contributed by atoms with Crippen LogP contribution in [0.25, 0.3) is 0 Å². The van der Waals surface area contributed by atoms with Crippen molar-refractivity contribution in [2.45, 2.75) is 31.6 Å². The van der Waals surface area contributed by atoms with Crippen molar-refractivity contribution in [3.05, 3.63) is 18.2 Å². The number of nitrogens with two attached hydrogens (primary N) is 1. The van der Waals surface area contributed by atoms with Gasteiger partial charge in [0.1, 0.15) is 5.75 Å². The van der Waals surface area contributed by atoms with E-state index >= 15 is 0 Å². The van der Waals surface area contributed by atoms with Gasteiger partial charge in [-0.3, -0.25) is 4.79 Å². The second-order valence-electron chi connectivity index (χ2n) is 4.89. The molecule has 4 nitrogen and oxygen atoms in total. The van der Waals surface area contributed by atoms with Gasteiger partial charge < -0.3 is 16.2 Å². The van der Waals surface area contributed by atoms with E-state index in [2.05, 4.69) is 5.32 Å². The number of aromatic hydroxyl groups is 1. The van der Waals surface area contributed by atoms with Gasteiger partial charge in [-0.05, 0) is 25.0 Å². The van der Waals surface area contributed by atoms with E-state index in [1.165, 1.54) is 18.2 Å². The van der Waals surface area contributed by atoms with Crippen LogP contribution >= 0.6 is 0 Å². The number of alkyl halides is 2. The molecule has 1 aromatic rings. The van der Waals surface area contributed by atoms with Gasteiger partial charge in [0.25, 0.3) is 0 Å². The van der Waals surface area contributed by atoms with Gasteiger partial charge in [-0.1, -0.05) is 0 Å². The van der Waals surface area contributed by atoms with Crippen LogP contribution < -0.4 is 11.1 Å². The monoisotopic (exact) mass is 270 g/mol. The molecule has 19 heavy (non-hydrogen) atoms. The van der Waals surface area contributed by atoms with Crippen LogP contribution in [-0.2, 0) is 4.79 Å². The molecule has 104 valence electrons. The van der Waals surface area contributed by atoms with Crippen LogP contribution in [0.4, 0.5) is 20.2 Å². The first kappa shape index (κ1) is 13.6. The first-order valence-electron chi connectivity index (χ1n) is 6.14. The second kappa shape index (κ2) is 5.03. The third-order valence-corrected chi connectivity index (χ3v) is 3.38. The maximum atomic E-state index is 13.0. The largest absolute Gasteiger partial charge is 0.508 e. The zero-order valence-electron chi connectivity index (χ0n) is 10.3. The van der Waals surface area contributed by atoms with Gasteiger partial charge >= 0.3 is 0 Å². The molecule has 2 rings (SSSR count). The molecule has 0 heterocycles. The Morgan fingerprint density at radius 1 is 1.37 bits per heavy atom. The molecule has 1 aliphatic carbocycles. The molecule has 0 saturated heterocycles. The first-order chi connectivity index (χ1) is 8.87. The molecule has 0 atom stereocenters. The van der Waals surface area contributed by atoms with Crippen molar-refractivity contribution in [3.63, 3.8) is 0 Å². The number of rotatable bonds is 2. The Morgan fingerprint density at radius 2 is 2.00 bits per heavy atom. The summed E-state index contributed by atoms with van der Waals surface area (Å²) in [5.41, 5.74) is 6.28. The van der Waals surface area contributed by atoms with Crippen molar-refractivity contribution in [2.75, 3.05) is 11.1 Å². The molecule has 0 bridgehead atoms. The van der Waals surface area contributed by atoms with E-state index < -0.39 is 11.8 Å². The predicted molar refractivity (Wildman–Crippen MR) is 68.1 cm³/mol. The second-order valence-corrected chi connectivity index (χ2v) is 4.89. The van der Waals surface area contributed by atoms with Crippen molar-refractivity contribution in [1.29, 1.82) is 0 Å². The van der Waals surface area contributed by atoms with E-state index in [-0.39, 0.29) is 43.0 Å². The lowest BCUT2D eigenvalue weighted by Crippen LogP contribution is -2.31. The number of carbonyl (C=O) groups excluding carboxylic acids is 1. The number of nitrogen functional groups attached to an aromatic ring is 1. The minimum absolute atomic E-state index is 0.00723. The number of phenols is 1. The number of anilines is 2. The molecule has 1 saturated carbocycles. The smallest absolute Gasteiger partial charge is 0.248 e. The maximum Gasteiger partial charge on any atom is 0.248 e. The van der Waals surface area contributed by atoms with Crippen LogP contribution in [-0.4, -0.2) is 16.9 Å². The Morgan fingerprint density at radius 3 is 2.58 bits per heavy atom. The van der Waals surface area contributed by atoms with Gasteiger partial charge in [0, 0.05) is 24.8 Å². The summed E-state index contributed by atoms with van der Waals surface area (Å²) in [4.78, 5) is 11.9. The first-order valence-corrected chi connectivity index (χ1v) is 6.14. The molecular weight excluding hydrogens is 254 g/mol. The zero-order chi connectivity index (χ0) is 14.0. The molecule has 0 radical (unpaired) electrons. The number of carbonyl (C=O) groups is 1. The van der Waals surface area contributed by atoms with Gasteiger partial charge in [0.15, 0.2) is 0 Å². The third kappa shape index (κ3) is 3.33. The van der Waals surface area contributed by atoms with Crippen LogP contribution in [0, 0.1) is 5.92 Å². The van der Waals surface area contributed by atoms with Crippen molar-refractivity contribution < 1.29 is 18.7 Å². The van der Waals surface area contributed by atoms with Crippen molar-refractivity contribution >= 4 is 17.3 Å². The van der Waals surface area contributed by atoms with Crippen LogP contribution in [0.3, 0.4) is 0 Å². The van der Waals surface area contributed by atoms with Crippen LogP contribution in [0.15, 0.2) is 18.2 Å². The Bertz CT molecular complexity index is 482. The number of hydrogen-bond donors (Lipinski definition) is 3. The molecule has 0 aliphatic heterocycles. The summed E-state index contributed by atoms with van der Waals surface area (Å²) in [5, 5.41) is 11.8. The van der Waals surface area contributed by atoms with Crippen molar-refractivity contribution in [2.24, 2.45) is 5.92 Å². The average Bonchev–Trinajstić information content (AvgIpc) is 2.32. The fourth-order valence-electron chi connectivity index (χ4n) is 2.20. The van der Waals surface area contributed by atoms with Crippen LogP contribution in [0.5, 0.6) is 5.75 Å². The van der Waals surface area contributed by atoms with Crippen molar-refractivity contribution in [1.82, 2.24) is 0 Å². The van der Waals surface area contributed by atoms with Crippen molar-refractivity contribution in [3.8, 4) is 5.75 Å². The normalized spacial score (nSPS) is 19.1. The number of phenolic OH excluding ortho intramolecular Hbond substituents is 1. The molecule has 0 aromatic heterocycles. The van der Waals surface area contributed by atoms with E-state index in [9.17, 15) is 18.7 Å². The topological polar surface area (TPSA) is 75.3 Å². The van der Waals surface area contributed by atoms with E-state index in [4.69, 9.17) is 5.73 Å². The maximum absolute atomic E-state index is 13.0. The Balaban J connectivity index is 1.98. The minimum Gasteiger partial charge on any atom is -0.508 e. The quantitative estimate of drug-likeness (QED) is 0.571. The molecule has 1 aromatic carbocycles. The SMILES string of the molecule is Nc1cc(O)ccc1NC(=O)C1CCC(F)(F)CC1. The molecule has 1 aliphatic rings. The molecule has 4 N–H and O–H groups in total. The van der Waals surface area contributed by atoms with Crippen LogP contribution in [0.2, 0.25) is 0 Å². The summed E-state index contributed by atoms with van der Waals surface area (Å²) in [7, 11) is 0. The number of halogens is 2. The summed E-state index contributed by atoms with van der Waals surface area (Å²) < 4.78 is 26.0. The summed E-state index contributed by atoms with van der Waals surface area (Å²) in [6.45, 7) is 0. The highest BCUT2D eigenvalue weighted by molar-refractivity contribution is 5.95. The van der Waals surface area contributed by atoms with Gasteiger partial charge in [0.05, 0.1) is 11.4 Å². The zero-order valence-corrected chi connectivity index (χ0v) is 10.3. The van der Waals surface area contributed by atoms with E-state index in [1.54, 1.807) is 0 Å². The van der Waals surface area contributed by atoms with Gasteiger partial charge in [0.2, 0.25) is 11.8 Å². The highest BCUT2D eigenvalue weighted by atomic mass is 19.3. The summed E-state index contributed by atoms with van der Waals surface area (Å²) in [6, 6.07) is 4.21. The summed E-state index contributed by atoms with van der Waals surface area (Å²) in [6.07, 6.45) is -0.153. The lowest BCUT2D eigenvalue weighted by Gasteiger charge is -2.27. The molecule has 0 spiro atoms. The summed E-state index contributed by atoms with van der Waals surface area (Å²) >= 11 is 0. The highest BCUT2D eigenvalue weighted by Crippen LogP contribution is 2.36. The number of amides is 1. The number of benzene rings is 1. The van der Waals surface area contributed by atoms with Gasteiger partial charge in [-0.15, -0.1) is 0 Å². The van der Waals surface area contributed by atoms with E-state index in [1.807, 2.05) is 0 Å². The number of hydrogen-bond acceptors (Lipinski definition) is 3. The fourth-order valence-corrected chi connectivity index (χ4v) is 2.20. The standard InChI is InChI=1S/C13H16F2N2O2/c14-13(15)5-3-8(4-6-13)12(19)17-11-2-1-9(18)7-10(11)16/h1-2,7-8,18H,3-6,16H2,(H,17,19).